The normalized spacial score (nSPS) is 13.9. The highest BCUT2D eigenvalue weighted by Gasteiger charge is 2.42. The minimum atomic E-state index is -1.05. The van der Waals surface area contributed by atoms with E-state index < -0.39 is 57.5 Å². The van der Waals surface area contributed by atoms with Crippen molar-refractivity contribution in [3.8, 4) is 79.7 Å². The van der Waals surface area contributed by atoms with E-state index >= 15 is 0 Å². The van der Waals surface area contributed by atoms with E-state index in [0.29, 0.717) is 23.4 Å². The number of phenols is 10. The number of rotatable bonds is 5. The lowest BCUT2D eigenvalue weighted by Gasteiger charge is -2.32. The summed E-state index contributed by atoms with van der Waals surface area (Å²) >= 11 is 3.15. The highest BCUT2D eigenvalue weighted by Crippen LogP contribution is 2.64. The Labute approximate surface area is 392 Å². The lowest BCUT2D eigenvalue weighted by Crippen LogP contribution is -2.23. The number of hydrogen-bond acceptors (Lipinski definition) is 14. The van der Waals surface area contributed by atoms with Gasteiger partial charge in [0.1, 0.15) is 5.69 Å². The average molecular weight is 935 g/mol. The van der Waals surface area contributed by atoms with E-state index in [1.165, 1.54) is 16.2 Å². The third-order valence-electron chi connectivity index (χ3n) is 13.6. The fourth-order valence-corrected chi connectivity index (χ4v) is 13.1. The molecule has 1 unspecified atom stereocenters. The number of phenolic OH excluding ortho intramolecular Hbond substituents is 10. The van der Waals surface area contributed by atoms with Crippen molar-refractivity contribution >= 4 is 103 Å². The third-order valence-corrected chi connectivity index (χ3v) is 16.0. The molecule has 0 bridgehead atoms. The quantitative estimate of drug-likeness (QED) is 0.0578. The van der Waals surface area contributed by atoms with Gasteiger partial charge in [-0.2, -0.15) is 0 Å². The molecular weight excluding hydrogens is 901 g/mol. The van der Waals surface area contributed by atoms with Gasteiger partial charge in [0.15, 0.2) is 23.0 Å². The van der Waals surface area contributed by atoms with Gasteiger partial charge in [0, 0.05) is 70.4 Å². The van der Waals surface area contributed by atoms with Crippen LogP contribution in [0.25, 0.3) is 74.1 Å². The summed E-state index contributed by atoms with van der Waals surface area (Å²) in [6, 6.07) is 41.1. The molecule has 0 saturated carbocycles. The number of benzene rings is 9. The molecule has 11 aromatic rings. The second-order valence-electron chi connectivity index (χ2n) is 17.1. The van der Waals surface area contributed by atoms with Crippen LogP contribution in [0.15, 0.2) is 127 Å². The van der Waals surface area contributed by atoms with Crippen molar-refractivity contribution in [1.29, 1.82) is 0 Å². The van der Waals surface area contributed by atoms with Crippen LogP contribution in [0.1, 0.15) is 16.5 Å². The largest absolute Gasteiger partial charge is 0.504 e. The topological polar surface area (TPSA) is 209 Å². The summed E-state index contributed by atoms with van der Waals surface area (Å²) in [5.74, 6) is -9.06. The van der Waals surface area contributed by atoms with Crippen molar-refractivity contribution < 1.29 is 51.1 Å². The highest BCUT2D eigenvalue weighted by molar-refractivity contribution is 7.26. The first-order chi connectivity index (χ1) is 32.9. The maximum Gasteiger partial charge on any atom is 0.208 e. The van der Waals surface area contributed by atoms with E-state index in [0.717, 1.165) is 84.7 Å². The molecule has 9 aromatic carbocycles. The molecule has 10 N–H and O–H groups in total. The zero-order valence-corrected chi connectivity index (χ0v) is 36.7. The van der Waals surface area contributed by atoms with Crippen LogP contribution in [0.3, 0.4) is 0 Å². The molecule has 12 nitrogen and oxygen atoms in total. The highest BCUT2D eigenvalue weighted by atomic mass is 32.1. The Morgan fingerprint density at radius 1 is 0.456 bits per heavy atom. The van der Waals surface area contributed by atoms with Gasteiger partial charge >= 0.3 is 0 Å². The van der Waals surface area contributed by atoms with Gasteiger partial charge in [-0.25, -0.2) is 0 Å². The van der Waals surface area contributed by atoms with Crippen LogP contribution in [0.2, 0.25) is 0 Å². The van der Waals surface area contributed by atoms with Crippen molar-refractivity contribution in [2.24, 2.45) is 0 Å². The Balaban J connectivity index is 1.07. The van der Waals surface area contributed by atoms with Gasteiger partial charge in [-0.15, -0.1) is 22.7 Å². The molecule has 0 saturated heterocycles. The van der Waals surface area contributed by atoms with Gasteiger partial charge in [0.2, 0.25) is 34.5 Å². The number of para-hydroxylation sites is 1. The molecule has 68 heavy (non-hydrogen) atoms. The number of thiophene rings is 2. The van der Waals surface area contributed by atoms with Crippen molar-refractivity contribution in [3.63, 3.8) is 0 Å². The first-order valence-electron chi connectivity index (χ1n) is 21.4. The first-order valence-corrected chi connectivity index (χ1v) is 23.1. The molecule has 3 heterocycles. The SMILES string of the molecule is Oc1c(O)c(O)c(-c2cccc3c4c(sc23)CC2c3c-4ccc4cc5c(sc6ccc(N(c7ccccc7)c7c(O)c(O)c(O)c(O)c7O)cc65)c(c34)N2c2ccc3ccccc3c2)c(O)c1O. The predicted molar refractivity (Wildman–Crippen MR) is 267 cm³/mol. The molecule has 1 aliphatic carbocycles. The lowest BCUT2D eigenvalue weighted by molar-refractivity contribution is 0.329. The predicted octanol–water partition coefficient (Wildman–Crippen LogP) is 13.2. The number of hydrogen-bond donors (Lipinski definition) is 10. The van der Waals surface area contributed by atoms with Crippen LogP contribution in [0, 0.1) is 0 Å². The van der Waals surface area contributed by atoms with Crippen molar-refractivity contribution in [2.45, 2.75) is 12.5 Å². The van der Waals surface area contributed by atoms with Gasteiger partial charge in [0.05, 0.1) is 22.0 Å². The minimum Gasteiger partial charge on any atom is -0.504 e. The molecule has 0 spiro atoms. The van der Waals surface area contributed by atoms with Crippen molar-refractivity contribution in [3.05, 3.63) is 138 Å². The molecular formula is C54H34N2O10S2. The molecule has 2 aromatic heterocycles. The Morgan fingerprint density at radius 2 is 1.12 bits per heavy atom. The molecule has 13 rings (SSSR count). The number of nitrogens with zero attached hydrogens (tertiary/aromatic N) is 2. The molecule has 0 amide bonds. The molecule has 0 fully saturated rings. The molecule has 1 atom stereocenters. The van der Waals surface area contributed by atoms with Crippen molar-refractivity contribution in [1.82, 2.24) is 0 Å². The lowest BCUT2D eigenvalue weighted by atomic mass is 9.83. The van der Waals surface area contributed by atoms with E-state index in [9.17, 15) is 51.1 Å². The molecule has 2 aliphatic rings. The summed E-state index contributed by atoms with van der Waals surface area (Å²) < 4.78 is 2.71. The Bertz CT molecular complexity index is 4000. The average Bonchev–Trinajstić information content (AvgIpc) is 4.04. The Hall–Kier alpha value is -8.72. The van der Waals surface area contributed by atoms with Crippen LogP contribution in [0.5, 0.6) is 57.5 Å². The zero-order chi connectivity index (χ0) is 46.6. The van der Waals surface area contributed by atoms with Crippen LogP contribution >= 0.6 is 22.7 Å². The maximum absolute atomic E-state index is 11.2. The number of aromatic hydroxyl groups is 10. The molecule has 1 aliphatic heterocycles. The zero-order valence-electron chi connectivity index (χ0n) is 35.1. The van der Waals surface area contributed by atoms with Gasteiger partial charge in [0.25, 0.3) is 0 Å². The molecule has 332 valence electrons. The third kappa shape index (κ3) is 5.17. The van der Waals surface area contributed by atoms with Gasteiger partial charge in [-0.3, -0.25) is 0 Å². The van der Waals surface area contributed by atoms with E-state index in [4.69, 9.17) is 0 Å². The number of fused-ring (bicyclic) bond motifs is 9. The van der Waals surface area contributed by atoms with Crippen LogP contribution in [0.4, 0.5) is 28.4 Å². The summed E-state index contributed by atoms with van der Waals surface area (Å²) in [5.41, 5.74) is 6.08. The molecule has 14 heteroatoms. The summed E-state index contributed by atoms with van der Waals surface area (Å²) in [7, 11) is 0. The van der Waals surface area contributed by atoms with Crippen molar-refractivity contribution in [2.75, 3.05) is 9.80 Å². The fourth-order valence-electron chi connectivity index (χ4n) is 10.6. The van der Waals surface area contributed by atoms with Gasteiger partial charge in [-0.1, -0.05) is 78.9 Å². The van der Waals surface area contributed by atoms with Crippen LogP contribution < -0.4 is 9.80 Å². The second-order valence-corrected chi connectivity index (χ2v) is 19.3. The van der Waals surface area contributed by atoms with E-state index in [1.807, 2.05) is 42.5 Å². The fraction of sp³-hybridized carbons (Fsp3) is 0.0370. The van der Waals surface area contributed by atoms with Crippen LogP contribution in [-0.2, 0) is 6.42 Å². The summed E-state index contributed by atoms with van der Waals surface area (Å²) in [6.45, 7) is 0. The smallest absolute Gasteiger partial charge is 0.208 e. The van der Waals surface area contributed by atoms with E-state index in [-0.39, 0.29) is 17.3 Å². The van der Waals surface area contributed by atoms with E-state index in [2.05, 4.69) is 53.4 Å². The maximum atomic E-state index is 11.2. The summed E-state index contributed by atoms with van der Waals surface area (Å²) in [4.78, 5) is 5.01. The minimum absolute atomic E-state index is 0.168. The number of anilines is 5. The standard InChI is InChI=1S/C54H34N2O10S2/c57-43-40(44(58)48(62)51(65)47(43)61)31-12-6-11-30-38-29-17-14-25-20-33-32-21-28(55(26-9-2-1-3-10-26)42-45(59)49(63)52(66)50(64)46(42)60)16-18-35(32)67-54(33)41-37(25)39(29)34(22-36(38)68-53(30)31)56(41)27-15-13-23-7-4-5-8-24(23)19-27/h1-21,34,57-66H,22H2. The monoisotopic (exact) mass is 934 g/mol. The van der Waals surface area contributed by atoms with Gasteiger partial charge < -0.3 is 60.9 Å². The van der Waals surface area contributed by atoms with Crippen LogP contribution in [-0.4, -0.2) is 51.1 Å². The summed E-state index contributed by atoms with van der Waals surface area (Å²) in [5, 5.41) is 115. The Morgan fingerprint density at radius 3 is 1.85 bits per heavy atom. The second kappa shape index (κ2) is 13.9. The van der Waals surface area contributed by atoms with E-state index in [1.54, 1.807) is 47.7 Å². The Kier molecular flexibility index (Phi) is 8.10. The first kappa shape index (κ1) is 39.6. The van der Waals surface area contributed by atoms with Gasteiger partial charge in [-0.05, 0) is 75.8 Å². The summed E-state index contributed by atoms with van der Waals surface area (Å²) in [6.07, 6.45) is 0.591. The molecule has 0 radical (unpaired) electrons.